The summed E-state index contributed by atoms with van der Waals surface area (Å²) in [5.74, 6) is 0. The van der Waals surface area contributed by atoms with E-state index in [0.717, 1.165) is 26.2 Å². The predicted molar refractivity (Wildman–Crippen MR) is 40.5 cm³/mol. The minimum atomic E-state index is 0.714. The van der Waals surface area contributed by atoms with Crippen LogP contribution in [0.15, 0.2) is 0 Å². The zero-order valence-corrected chi connectivity index (χ0v) is 6.04. The number of hydrogen-bond acceptors (Lipinski definition) is 3. The zero-order valence-electron chi connectivity index (χ0n) is 7.04. The van der Waals surface area contributed by atoms with E-state index in [1.165, 1.54) is 0 Å². The van der Waals surface area contributed by atoms with Gasteiger partial charge in [-0.2, -0.15) is 0 Å². The van der Waals surface area contributed by atoms with Gasteiger partial charge in [0.15, 0.2) is 0 Å². The third-order valence-corrected chi connectivity index (χ3v) is 1.03. The maximum atomic E-state index is 6.61. The van der Waals surface area contributed by atoms with E-state index in [4.69, 9.17) is 1.41 Å². The van der Waals surface area contributed by atoms with Gasteiger partial charge >= 0.3 is 0 Å². The van der Waals surface area contributed by atoms with Crippen molar-refractivity contribution in [3.05, 3.63) is 0 Å². The molecule has 56 valence electrons. The van der Waals surface area contributed by atoms with E-state index in [1.54, 1.807) is 0 Å². The van der Waals surface area contributed by atoms with E-state index < -0.39 is 0 Å². The normalized spacial score (nSPS) is 11.4. The molecule has 0 aliphatic rings. The fraction of sp³-hybridized carbons (Fsp3) is 1.00. The Kier molecular flexibility index (Phi) is 6.12. The molecule has 4 N–H and O–H groups in total. The number of likely N-dealkylation sites (N-methyl/N-ethyl adjacent to an activating group) is 1. The second-order valence-electron chi connectivity index (χ2n) is 1.85. The van der Waals surface area contributed by atoms with Gasteiger partial charge in [0, 0.05) is 26.2 Å². The number of nitrogens with one attached hydrogen (secondary N) is 2. The molecule has 0 heterocycles. The highest BCUT2D eigenvalue weighted by molar-refractivity contribution is 4.49. The lowest BCUT2D eigenvalue weighted by molar-refractivity contribution is 0.629. The minimum absolute atomic E-state index is 0.714. The van der Waals surface area contributed by atoms with Crippen molar-refractivity contribution in [2.24, 2.45) is 5.73 Å². The summed E-state index contributed by atoms with van der Waals surface area (Å²) in [5, 5.41) is 6.37. The van der Waals surface area contributed by atoms with Crippen LogP contribution in [0.5, 0.6) is 0 Å². The maximum Gasteiger partial charge on any atom is 0.118 e. The van der Waals surface area contributed by atoms with Crippen LogP contribution in [-0.4, -0.2) is 32.7 Å². The van der Waals surface area contributed by atoms with Crippen molar-refractivity contribution in [2.45, 2.75) is 6.92 Å². The molecule has 0 aromatic carbocycles. The number of nitrogens with two attached hydrogens (primary N) is 1. The first-order chi connectivity index (χ1) is 4.91. The van der Waals surface area contributed by atoms with Crippen molar-refractivity contribution in [2.75, 3.05) is 32.7 Å². The topological polar surface area (TPSA) is 50.1 Å². The first-order valence-corrected chi connectivity index (χ1v) is 3.47. The maximum absolute atomic E-state index is 6.61. The summed E-state index contributed by atoms with van der Waals surface area (Å²) in [6, 6.07) is 0. The molecule has 0 aromatic rings. The average molecular weight is 132 g/mol. The van der Waals surface area contributed by atoms with Crippen LogP contribution in [0.25, 0.3) is 0 Å². The van der Waals surface area contributed by atoms with Crippen LogP contribution < -0.4 is 16.4 Å². The van der Waals surface area contributed by atoms with Crippen molar-refractivity contribution >= 4 is 0 Å². The van der Waals surface area contributed by atoms with Crippen molar-refractivity contribution in [3.63, 3.8) is 0 Å². The molecular formula is C6H17N3. The average Bonchev–Trinajstić information content (AvgIpc) is 1.97. The summed E-state index contributed by atoms with van der Waals surface area (Å²) >= 11 is 0. The molecule has 0 fully saturated rings. The summed E-state index contributed by atoms with van der Waals surface area (Å²) in [5.41, 5.74) is 2.33. The van der Waals surface area contributed by atoms with E-state index in [9.17, 15) is 0 Å². The van der Waals surface area contributed by atoms with Gasteiger partial charge in [0.2, 0.25) is 0 Å². The van der Waals surface area contributed by atoms with Gasteiger partial charge in [0.05, 0.1) is 0 Å². The lowest BCUT2D eigenvalue weighted by atomic mass is 10.5. The fourth-order valence-electron chi connectivity index (χ4n) is 0.567. The molecule has 0 radical (unpaired) electrons. The summed E-state index contributed by atoms with van der Waals surface area (Å²) in [6.45, 7) is 6.69. The molecule has 0 aromatic heterocycles. The van der Waals surface area contributed by atoms with Crippen LogP contribution in [0.3, 0.4) is 0 Å². The molecule has 0 aliphatic carbocycles. The number of rotatable bonds is 7. The lowest BCUT2D eigenvalue weighted by Crippen LogP contribution is -2.30. The second-order valence-corrected chi connectivity index (χ2v) is 1.85. The minimum Gasteiger partial charge on any atom is -0.329 e. The quantitative estimate of drug-likeness (QED) is 0.395. The Morgan fingerprint density at radius 2 is 2.11 bits per heavy atom. The first-order valence-electron chi connectivity index (χ1n) is 3.97. The van der Waals surface area contributed by atoms with Crippen molar-refractivity contribution in [1.82, 2.24) is 10.6 Å². The van der Waals surface area contributed by atoms with Crippen LogP contribution >= 0.6 is 0 Å². The van der Waals surface area contributed by atoms with Crippen molar-refractivity contribution < 1.29 is 1.41 Å². The molecule has 9 heavy (non-hydrogen) atoms. The number of hydrogen-bond donors (Lipinski definition) is 3. The van der Waals surface area contributed by atoms with Gasteiger partial charge < -0.3 is 16.4 Å². The van der Waals surface area contributed by atoms with E-state index in [2.05, 4.69) is 23.3 Å². The Hall–Kier alpha value is -0.120. The Balaban J connectivity index is 2.65. The first kappa shape index (κ1) is 6.99. The van der Waals surface area contributed by atoms with Gasteiger partial charge in [0.1, 0.15) is 1.41 Å². The van der Waals surface area contributed by atoms with Gasteiger partial charge in [0.25, 0.3) is 0 Å². The van der Waals surface area contributed by atoms with Crippen LogP contribution in [-0.2, 0) is 0 Å². The monoisotopic (exact) mass is 132 g/mol. The Bertz CT molecular complexity index is 53.0. The summed E-state index contributed by atoms with van der Waals surface area (Å²) in [6.07, 6.45) is 0. The van der Waals surface area contributed by atoms with Crippen LogP contribution in [0.2, 0.25) is 1.41 Å². The molecule has 0 bridgehead atoms. The smallest absolute Gasteiger partial charge is 0.118 e. The highest BCUT2D eigenvalue weighted by Gasteiger charge is 1.81. The van der Waals surface area contributed by atoms with Gasteiger partial charge in [-0.15, -0.1) is 0 Å². The molecule has 3 heteroatoms. The molecule has 0 saturated carbocycles. The summed E-state index contributed by atoms with van der Waals surface area (Å²) < 4.78 is 6.61. The van der Waals surface area contributed by atoms with Crippen LogP contribution in [0.4, 0.5) is 0 Å². The molecule has 0 spiro atoms. The third kappa shape index (κ3) is 7.88. The molecule has 3 nitrogen and oxygen atoms in total. The Labute approximate surface area is 58.5 Å². The Morgan fingerprint density at radius 3 is 2.78 bits per heavy atom. The standard InChI is InChI=1S/C6H17N3/c1-2-8-5-6-9-4-3-7/h8-9H,2-7H2,1H3/i/hD. The Morgan fingerprint density at radius 1 is 1.33 bits per heavy atom. The van der Waals surface area contributed by atoms with Crippen molar-refractivity contribution in [3.8, 4) is 0 Å². The zero-order chi connectivity index (χ0) is 7.66. The third-order valence-electron chi connectivity index (χ3n) is 1.03. The molecule has 0 unspecified atom stereocenters. The van der Waals surface area contributed by atoms with Gasteiger partial charge in [-0.3, -0.25) is 0 Å². The van der Waals surface area contributed by atoms with E-state index in [0.29, 0.717) is 6.54 Å². The largest absolute Gasteiger partial charge is 0.329 e. The van der Waals surface area contributed by atoms with E-state index in [1.807, 2.05) is 0 Å². The SMILES string of the molecule is [2H]NCCNCCNCC. The predicted octanol–water partition coefficient (Wildman–Crippen LogP) is -0.856. The van der Waals surface area contributed by atoms with Crippen LogP contribution in [0, 0.1) is 0 Å². The fourth-order valence-corrected chi connectivity index (χ4v) is 0.567. The van der Waals surface area contributed by atoms with E-state index in [-0.39, 0.29) is 0 Å². The highest BCUT2D eigenvalue weighted by Crippen LogP contribution is 1.56. The molecule has 0 amide bonds. The second kappa shape index (κ2) is 7.88. The summed E-state index contributed by atoms with van der Waals surface area (Å²) in [4.78, 5) is 0. The van der Waals surface area contributed by atoms with Crippen LogP contribution in [0.1, 0.15) is 6.92 Å². The highest BCUT2D eigenvalue weighted by atomic mass is 14.9. The molecule has 0 atom stereocenters. The van der Waals surface area contributed by atoms with E-state index >= 15 is 0 Å². The lowest BCUT2D eigenvalue weighted by Gasteiger charge is -2.01. The summed E-state index contributed by atoms with van der Waals surface area (Å²) in [7, 11) is 0. The molecule has 0 rings (SSSR count). The van der Waals surface area contributed by atoms with Gasteiger partial charge in [-0.05, 0) is 6.54 Å². The molecule has 0 saturated heterocycles. The molecule has 0 aliphatic heterocycles. The van der Waals surface area contributed by atoms with Crippen molar-refractivity contribution in [1.29, 1.82) is 0 Å². The van der Waals surface area contributed by atoms with Gasteiger partial charge in [-0.1, -0.05) is 6.92 Å². The van der Waals surface area contributed by atoms with Gasteiger partial charge in [-0.25, -0.2) is 0 Å². The molecular weight excluding hydrogens is 114 g/mol.